The molecule has 3 aliphatic rings. The van der Waals surface area contributed by atoms with E-state index in [1.165, 1.54) is 32.4 Å². The summed E-state index contributed by atoms with van der Waals surface area (Å²) in [7, 11) is 0. The number of likely N-dealkylation sites (tertiary alicyclic amines) is 2. The van der Waals surface area contributed by atoms with Crippen molar-refractivity contribution in [1.29, 1.82) is 0 Å². The van der Waals surface area contributed by atoms with Gasteiger partial charge < -0.3 is 20.3 Å². The van der Waals surface area contributed by atoms with Crippen LogP contribution in [-0.2, 0) is 9.53 Å². The van der Waals surface area contributed by atoms with E-state index in [2.05, 4.69) is 20.4 Å². The van der Waals surface area contributed by atoms with E-state index in [4.69, 9.17) is 4.74 Å². The highest BCUT2D eigenvalue weighted by atomic mass is 16.5. The average molecular weight is 427 g/mol. The van der Waals surface area contributed by atoms with Crippen LogP contribution in [0.3, 0.4) is 0 Å². The number of hydrogen-bond donors (Lipinski definition) is 2. The summed E-state index contributed by atoms with van der Waals surface area (Å²) in [6, 6.07) is 9.49. The second-order valence-corrected chi connectivity index (χ2v) is 8.66. The lowest BCUT2D eigenvalue weighted by atomic mass is 9.94. The molecule has 1 atom stereocenters. The molecule has 0 aromatic heterocycles. The van der Waals surface area contributed by atoms with Gasteiger partial charge in [0, 0.05) is 31.4 Å². The Kier molecular flexibility index (Phi) is 7.25. The number of benzene rings is 1. The lowest BCUT2D eigenvalue weighted by Crippen LogP contribution is -2.51. The number of nitrogens with one attached hydrogen (secondary N) is 2. The second-order valence-electron chi connectivity index (χ2n) is 8.66. The van der Waals surface area contributed by atoms with Crippen LogP contribution < -0.4 is 10.6 Å². The summed E-state index contributed by atoms with van der Waals surface area (Å²) < 4.78 is 5.37. The lowest BCUT2D eigenvalue weighted by Gasteiger charge is -2.41. The van der Waals surface area contributed by atoms with Gasteiger partial charge in [-0.2, -0.15) is 0 Å². The first-order valence-corrected chi connectivity index (χ1v) is 11.6. The largest absolute Gasteiger partial charge is 0.463 e. The van der Waals surface area contributed by atoms with Gasteiger partial charge in [0.15, 0.2) is 0 Å². The number of esters is 1. The molecule has 168 valence electrons. The summed E-state index contributed by atoms with van der Waals surface area (Å²) in [4.78, 5) is 30.4. The number of hydrogen-bond acceptors (Lipinski definition) is 5. The maximum absolute atomic E-state index is 12.9. The van der Waals surface area contributed by atoms with Gasteiger partial charge in [-0.05, 0) is 51.3 Å². The van der Waals surface area contributed by atoms with E-state index in [-0.39, 0.29) is 12.0 Å². The van der Waals surface area contributed by atoms with E-state index in [1.807, 2.05) is 30.3 Å². The third-order valence-corrected chi connectivity index (χ3v) is 6.63. The van der Waals surface area contributed by atoms with Crippen molar-refractivity contribution in [3.63, 3.8) is 0 Å². The Bertz CT molecular complexity index is 796. The first-order chi connectivity index (χ1) is 15.2. The Balaban J connectivity index is 1.50. The number of ether oxygens (including phenoxy) is 1. The van der Waals surface area contributed by atoms with Gasteiger partial charge in [-0.1, -0.05) is 36.8 Å². The molecule has 0 aliphatic carbocycles. The highest BCUT2D eigenvalue weighted by Gasteiger charge is 2.35. The summed E-state index contributed by atoms with van der Waals surface area (Å²) in [5.41, 5.74) is 2.04. The Labute approximate surface area is 184 Å². The predicted octanol–water partition coefficient (Wildman–Crippen LogP) is 2.81. The molecule has 7 nitrogen and oxygen atoms in total. The van der Waals surface area contributed by atoms with Gasteiger partial charge in [0.25, 0.3) is 0 Å². The number of carbonyl (C=O) groups excluding carboxylic acids is 2. The third kappa shape index (κ3) is 5.28. The summed E-state index contributed by atoms with van der Waals surface area (Å²) >= 11 is 0. The molecule has 2 N–H and O–H groups in total. The summed E-state index contributed by atoms with van der Waals surface area (Å²) in [6.45, 7) is 7.05. The number of rotatable bonds is 6. The first-order valence-electron chi connectivity index (χ1n) is 11.6. The zero-order chi connectivity index (χ0) is 21.6. The summed E-state index contributed by atoms with van der Waals surface area (Å²) in [6.07, 6.45) is 6.26. The zero-order valence-electron chi connectivity index (χ0n) is 18.4. The molecule has 1 aromatic carbocycles. The fourth-order valence-electron chi connectivity index (χ4n) is 5.04. The Morgan fingerprint density at radius 1 is 1.06 bits per heavy atom. The predicted molar refractivity (Wildman–Crippen MR) is 119 cm³/mol. The van der Waals surface area contributed by atoms with E-state index < -0.39 is 6.04 Å². The lowest BCUT2D eigenvalue weighted by molar-refractivity contribution is -0.139. The molecule has 0 spiro atoms. The summed E-state index contributed by atoms with van der Waals surface area (Å²) in [5, 5.41) is 5.81. The molecule has 4 rings (SSSR count). The molecule has 7 heteroatoms. The fourth-order valence-corrected chi connectivity index (χ4v) is 5.04. The van der Waals surface area contributed by atoms with Gasteiger partial charge in [-0.15, -0.1) is 0 Å². The smallest absolute Gasteiger partial charge is 0.338 e. The van der Waals surface area contributed by atoms with Gasteiger partial charge in [-0.3, -0.25) is 4.90 Å². The molecule has 0 unspecified atom stereocenters. The van der Waals surface area contributed by atoms with E-state index in [9.17, 15) is 9.59 Å². The maximum Gasteiger partial charge on any atom is 0.338 e. The van der Waals surface area contributed by atoms with Crippen LogP contribution in [0.2, 0.25) is 0 Å². The highest BCUT2D eigenvalue weighted by molar-refractivity contribution is 5.95. The van der Waals surface area contributed by atoms with Gasteiger partial charge in [0.2, 0.25) is 0 Å². The molecule has 0 radical (unpaired) electrons. The minimum Gasteiger partial charge on any atom is -0.463 e. The number of carbonyl (C=O) groups is 2. The van der Waals surface area contributed by atoms with E-state index >= 15 is 0 Å². The van der Waals surface area contributed by atoms with Crippen molar-refractivity contribution in [2.24, 2.45) is 0 Å². The molecule has 3 heterocycles. The van der Waals surface area contributed by atoms with Gasteiger partial charge in [0.05, 0.1) is 18.2 Å². The quantitative estimate of drug-likeness (QED) is 0.685. The van der Waals surface area contributed by atoms with Crippen LogP contribution in [0.4, 0.5) is 4.79 Å². The van der Waals surface area contributed by atoms with Crippen LogP contribution in [0.25, 0.3) is 0 Å². The molecule has 3 aliphatic heterocycles. The number of urea groups is 1. The third-order valence-electron chi connectivity index (χ3n) is 6.63. The first kappa shape index (κ1) is 21.8. The number of amides is 2. The normalized spacial score (nSPS) is 23.9. The van der Waals surface area contributed by atoms with E-state index in [0.717, 1.165) is 31.5 Å². The Morgan fingerprint density at radius 2 is 1.77 bits per heavy atom. The Hall–Kier alpha value is -2.38. The van der Waals surface area contributed by atoms with Crippen molar-refractivity contribution in [2.45, 2.75) is 51.1 Å². The maximum atomic E-state index is 12.9. The molecular formula is C24H34N4O3. The van der Waals surface area contributed by atoms with Crippen LogP contribution in [0.15, 0.2) is 41.6 Å². The molecule has 2 amide bonds. The topological polar surface area (TPSA) is 73.9 Å². The fraction of sp³-hybridized carbons (Fsp3) is 0.583. The average Bonchev–Trinajstić information content (AvgIpc) is 2.80. The van der Waals surface area contributed by atoms with Crippen molar-refractivity contribution in [2.75, 3.05) is 39.3 Å². The molecule has 31 heavy (non-hydrogen) atoms. The van der Waals surface area contributed by atoms with Crippen LogP contribution in [0, 0.1) is 0 Å². The molecular weight excluding hydrogens is 392 g/mol. The highest BCUT2D eigenvalue weighted by Crippen LogP contribution is 2.29. The standard InChI is InChI=1S/C24H34N4O3/c1-2-31-23(29)21-20(25-24(30)26-22(21)18-9-5-3-6-10-18)17-27-15-11-19(12-16-27)28-13-7-4-8-14-28/h3,5-6,9-10,19,22H,2,4,7-8,11-17H2,1H3,(H2,25,26,30)/t22-/m1/s1. The van der Waals surface area contributed by atoms with E-state index in [0.29, 0.717) is 30.5 Å². The summed E-state index contributed by atoms with van der Waals surface area (Å²) in [5.74, 6) is -0.373. The molecule has 2 saturated heterocycles. The van der Waals surface area contributed by atoms with Crippen molar-refractivity contribution in [3.05, 3.63) is 47.2 Å². The number of nitrogens with zero attached hydrogens (tertiary/aromatic N) is 2. The van der Waals surface area contributed by atoms with Crippen LogP contribution >= 0.6 is 0 Å². The molecule has 0 bridgehead atoms. The van der Waals surface area contributed by atoms with Crippen molar-refractivity contribution in [3.8, 4) is 0 Å². The minimum atomic E-state index is -0.505. The minimum absolute atomic E-state index is 0.278. The van der Waals surface area contributed by atoms with Crippen molar-refractivity contribution in [1.82, 2.24) is 20.4 Å². The van der Waals surface area contributed by atoms with Gasteiger partial charge >= 0.3 is 12.0 Å². The molecule has 2 fully saturated rings. The van der Waals surface area contributed by atoms with Crippen LogP contribution in [0.5, 0.6) is 0 Å². The van der Waals surface area contributed by atoms with Gasteiger partial charge in [-0.25, -0.2) is 9.59 Å². The van der Waals surface area contributed by atoms with Crippen molar-refractivity contribution < 1.29 is 14.3 Å². The van der Waals surface area contributed by atoms with Crippen molar-refractivity contribution >= 4 is 12.0 Å². The van der Waals surface area contributed by atoms with Crippen LogP contribution in [0.1, 0.15) is 50.6 Å². The SMILES string of the molecule is CCOC(=O)C1=C(CN2CCC(N3CCCCC3)CC2)NC(=O)N[C@@H]1c1ccccc1. The molecule has 1 aromatic rings. The van der Waals surface area contributed by atoms with E-state index in [1.54, 1.807) is 6.92 Å². The Morgan fingerprint density at radius 3 is 2.45 bits per heavy atom. The van der Waals surface area contributed by atoms with Crippen LogP contribution in [-0.4, -0.2) is 67.2 Å². The van der Waals surface area contributed by atoms with Gasteiger partial charge in [0.1, 0.15) is 0 Å². The molecule has 0 saturated carbocycles. The zero-order valence-corrected chi connectivity index (χ0v) is 18.4. The monoisotopic (exact) mass is 426 g/mol. The number of piperidine rings is 2. The second kappa shape index (κ2) is 10.3.